The molecule has 13 heavy (non-hydrogen) atoms. The molecular weight excluding hydrogens is 238 g/mol. The van der Waals surface area contributed by atoms with E-state index in [1.807, 2.05) is 13.8 Å². The topological polar surface area (TPSA) is 82.0 Å². The van der Waals surface area contributed by atoms with Gasteiger partial charge in [-0.25, -0.2) is 4.98 Å². The lowest BCUT2D eigenvalue weighted by Crippen LogP contribution is -1.97. The number of nitro groups is 1. The molecule has 1 aromatic heterocycles. The third-order valence-electron chi connectivity index (χ3n) is 1.07. The van der Waals surface area contributed by atoms with Crippen LogP contribution in [0.4, 0.5) is 11.5 Å². The maximum Gasteiger partial charge on any atom is 0.311 e. The van der Waals surface area contributed by atoms with E-state index in [4.69, 9.17) is 5.73 Å². The molecule has 0 aliphatic carbocycles. The number of nitrogen functional groups attached to an aromatic ring is 1. The van der Waals surface area contributed by atoms with Crippen LogP contribution in [0.3, 0.4) is 0 Å². The van der Waals surface area contributed by atoms with Crippen molar-refractivity contribution in [2.45, 2.75) is 13.8 Å². The Labute approximate surface area is 84.2 Å². The maximum absolute atomic E-state index is 10.2. The zero-order valence-corrected chi connectivity index (χ0v) is 8.91. The molecule has 1 rings (SSSR count). The van der Waals surface area contributed by atoms with Crippen molar-refractivity contribution < 1.29 is 4.92 Å². The van der Waals surface area contributed by atoms with Gasteiger partial charge in [0.15, 0.2) is 0 Å². The third kappa shape index (κ3) is 3.37. The lowest BCUT2D eigenvalue weighted by atomic mass is 10.4. The summed E-state index contributed by atoms with van der Waals surface area (Å²) in [5.41, 5.74) is 5.07. The Morgan fingerprint density at radius 2 is 2.08 bits per heavy atom. The normalized spacial score (nSPS) is 8.54. The van der Waals surface area contributed by atoms with Crippen LogP contribution in [0, 0.1) is 10.1 Å². The zero-order valence-electron chi connectivity index (χ0n) is 7.32. The lowest BCUT2D eigenvalue weighted by Gasteiger charge is -1.94. The van der Waals surface area contributed by atoms with Crippen molar-refractivity contribution in [1.29, 1.82) is 0 Å². The van der Waals surface area contributed by atoms with E-state index >= 15 is 0 Å². The molecule has 72 valence electrons. The van der Waals surface area contributed by atoms with Crippen molar-refractivity contribution in [2.75, 3.05) is 5.73 Å². The van der Waals surface area contributed by atoms with Gasteiger partial charge in [-0.1, -0.05) is 13.8 Å². The Morgan fingerprint density at radius 1 is 1.54 bits per heavy atom. The summed E-state index contributed by atoms with van der Waals surface area (Å²) in [5.74, 6) is -0.0793. The van der Waals surface area contributed by atoms with Gasteiger partial charge in [0.1, 0.15) is 4.60 Å². The molecule has 0 aromatic carbocycles. The van der Waals surface area contributed by atoms with Gasteiger partial charge in [0.25, 0.3) is 0 Å². The van der Waals surface area contributed by atoms with Crippen molar-refractivity contribution in [2.24, 2.45) is 0 Å². The quantitative estimate of drug-likeness (QED) is 0.469. The van der Waals surface area contributed by atoms with Crippen LogP contribution in [0.25, 0.3) is 0 Å². The Hall–Kier alpha value is -1.17. The molecule has 0 spiro atoms. The van der Waals surface area contributed by atoms with E-state index in [1.165, 1.54) is 12.1 Å². The lowest BCUT2D eigenvalue weighted by molar-refractivity contribution is -0.384. The molecule has 0 amide bonds. The van der Waals surface area contributed by atoms with Gasteiger partial charge in [-0.3, -0.25) is 10.1 Å². The van der Waals surface area contributed by atoms with Gasteiger partial charge in [-0.15, -0.1) is 0 Å². The number of pyridine rings is 1. The van der Waals surface area contributed by atoms with Crippen molar-refractivity contribution in [3.63, 3.8) is 0 Å². The van der Waals surface area contributed by atoms with Crippen molar-refractivity contribution in [3.8, 4) is 0 Å². The van der Waals surface area contributed by atoms with Gasteiger partial charge in [0.05, 0.1) is 4.92 Å². The van der Waals surface area contributed by atoms with Gasteiger partial charge >= 0.3 is 5.69 Å². The number of nitrogens with two attached hydrogens (primary N) is 1. The van der Waals surface area contributed by atoms with Crippen molar-refractivity contribution in [1.82, 2.24) is 4.98 Å². The summed E-state index contributed by atoms with van der Waals surface area (Å²) in [6.07, 6.45) is 0. The summed E-state index contributed by atoms with van der Waals surface area (Å²) < 4.78 is 0.487. The molecule has 0 aliphatic rings. The fourth-order valence-electron chi connectivity index (χ4n) is 0.597. The first kappa shape index (κ1) is 11.8. The largest absolute Gasteiger partial charge is 0.378 e. The summed E-state index contributed by atoms with van der Waals surface area (Å²) >= 11 is 3.03. The number of anilines is 1. The van der Waals surface area contributed by atoms with E-state index < -0.39 is 4.92 Å². The number of rotatable bonds is 1. The molecule has 0 unspecified atom stereocenters. The second kappa shape index (κ2) is 5.47. The van der Waals surface area contributed by atoms with Gasteiger partial charge in [0, 0.05) is 6.07 Å². The monoisotopic (exact) mass is 247 g/mol. The standard InChI is InChI=1S/C5H4BrN3O2.C2H6/c6-4-2-1-3(9(10)11)5(7)8-4;1-2/h1-2H,(H2,7,8);1-2H3. The molecular formula is C7H10BrN3O2. The number of hydrogen-bond acceptors (Lipinski definition) is 4. The van der Waals surface area contributed by atoms with Crippen LogP contribution in [0.1, 0.15) is 13.8 Å². The molecule has 1 heterocycles. The summed E-state index contributed by atoms with van der Waals surface area (Å²) in [6, 6.07) is 2.76. The molecule has 0 fully saturated rings. The van der Waals surface area contributed by atoms with Gasteiger partial charge in [-0.2, -0.15) is 0 Å². The average molecular weight is 248 g/mol. The number of nitrogens with zero attached hydrogens (tertiary/aromatic N) is 2. The van der Waals surface area contributed by atoms with E-state index in [9.17, 15) is 10.1 Å². The molecule has 1 aromatic rings. The molecule has 0 aliphatic heterocycles. The van der Waals surface area contributed by atoms with E-state index in [2.05, 4.69) is 20.9 Å². The minimum absolute atomic E-state index is 0.0793. The first-order valence-electron chi connectivity index (χ1n) is 3.67. The summed E-state index contributed by atoms with van der Waals surface area (Å²) in [7, 11) is 0. The van der Waals surface area contributed by atoms with E-state index in [-0.39, 0.29) is 11.5 Å². The fraction of sp³-hybridized carbons (Fsp3) is 0.286. The molecule has 6 heteroatoms. The smallest absolute Gasteiger partial charge is 0.311 e. The Bertz CT molecular complexity index is 304. The van der Waals surface area contributed by atoms with Crippen LogP contribution in [0.2, 0.25) is 0 Å². The minimum atomic E-state index is -0.575. The van der Waals surface area contributed by atoms with Crippen LogP contribution in [0.15, 0.2) is 16.7 Å². The van der Waals surface area contributed by atoms with Crippen molar-refractivity contribution in [3.05, 3.63) is 26.9 Å². The summed E-state index contributed by atoms with van der Waals surface area (Å²) in [6.45, 7) is 4.00. The van der Waals surface area contributed by atoms with Crippen LogP contribution in [-0.2, 0) is 0 Å². The molecule has 0 bridgehead atoms. The van der Waals surface area contributed by atoms with Gasteiger partial charge in [-0.05, 0) is 22.0 Å². The molecule has 0 radical (unpaired) electrons. The zero-order chi connectivity index (χ0) is 10.4. The maximum atomic E-state index is 10.2. The van der Waals surface area contributed by atoms with Crippen molar-refractivity contribution >= 4 is 27.4 Å². The van der Waals surface area contributed by atoms with Crippen LogP contribution >= 0.6 is 15.9 Å². The summed E-state index contributed by atoms with van der Waals surface area (Å²) in [4.78, 5) is 13.3. The molecule has 5 nitrogen and oxygen atoms in total. The average Bonchev–Trinajstić information content (AvgIpc) is 2.07. The second-order valence-electron chi connectivity index (χ2n) is 1.80. The SMILES string of the molecule is CC.Nc1nc(Br)ccc1[N+](=O)[O-]. The molecule has 0 saturated carbocycles. The van der Waals surface area contributed by atoms with E-state index in [0.29, 0.717) is 4.60 Å². The fourth-order valence-corrected chi connectivity index (χ4v) is 0.920. The number of halogens is 1. The first-order valence-corrected chi connectivity index (χ1v) is 4.47. The Balaban J connectivity index is 0.000000671. The predicted octanol–water partition coefficient (Wildman–Crippen LogP) is 2.36. The van der Waals surface area contributed by atoms with E-state index in [1.54, 1.807) is 0 Å². The Kier molecular flexibility index (Phi) is 4.98. The first-order chi connectivity index (χ1) is 6.11. The molecule has 0 atom stereocenters. The highest BCUT2D eigenvalue weighted by molar-refractivity contribution is 9.10. The predicted molar refractivity (Wildman–Crippen MR) is 54.4 cm³/mol. The van der Waals surface area contributed by atoms with Crippen LogP contribution in [-0.4, -0.2) is 9.91 Å². The summed E-state index contributed by atoms with van der Waals surface area (Å²) in [5, 5.41) is 10.2. The van der Waals surface area contributed by atoms with Crippen LogP contribution in [0.5, 0.6) is 0 Å². The number of aromatic nitrogens is 1. The molecule has 0 saturated heterocycles. The van der Waals surface area contributed by atoms with Crippen LogP contribution < -0.4 is 5.73 Å². The molecule has 2 N–H and O–H groups in total. The highest BCUT2D eigenvalue weighted by Crippen LogP contribution is 2.20. The highest BCUT2D eigenvalue weighted by atomic mass is 79.9. The number of hydrogen-bond donors (Lipinski definition) is 1. The highest BCUT2D eigenvalue weighted by Gasteiger charge is 2.11. The minimum Gasteiger partial charge on any atom is -0.378 e. The van der Waals surface area contributed by atoms with Gasteiger partial charge in [0.2, 0.25) is 5.82 Å². The second-order valence-corrected chi connectivity index (χ2v) is 2.61. The van der Waals surface area contributed by atoms with E-state index in [0.717, 1.165) is 0 Å². The Morgan fingerprint density at radius 3 is 2.46 bits per heavy atom. The van der Waals surface area contributed by atoms with Gasteiger partial charge < -0.3 is 5.73 Å². The third-order valence-corrected chi connectivity index (χ3v) is 1.51.